The van der Waals surface area contributed by atoms with Crippen molar-refractivity contribution in [3.05, 3.63) is 21.3 Å². The van der Waals surface area contributed by atoms with E-state index in [4.69, 9.17) is 11.6 Å². The molecule has 0 aromatic carbocycles. The molecule has 2 fully saturated rings. The van der Waals surface area contributed by atoms with Gasteiger partial charge in [-0.2, -0.15) is 0 Å². The lowest BCUT2D eigenvalue weighted by Crippen LogP contribution is -2.24. The summed E-state index contributed by atoms with van der Waals surface area (Å²) in [5, 5.41) is 6.38. The van der Waals surface area contributed by atoms with Gasteiger partial charge in [-0.1, -0.05) is 11.6 Å². The van der Waals surface area contributed by atoms with Gasteiger partial charge in [0, 0.05) is 29.9 Å². The average Bonchev–Trinajstić information content (AvgIpc) is 2.81. The van der Waals surface area contributed by atoms with Crippen molar-refractivity contribution in [1.29, 1.82) is 0 Å². The van der Waals surface area contributed by atoms with E-state index in [1.165, 1.54) is 31.1 Å². The van der Waals surface area contributed by atoms with Crippen LogP contribution >= 0.6 is 35.3 Å². The number of thiophene rings is 1. The summed E-state index contributed by atoms with van der Waals surface area (Å²) in [5.74, 6) is 1.78. The van der Waals surface area contributed by atoms with Crippen LogP contribution in [0, 0.1) is 11.8 Å². The highest BCUT2D eigenvalue weighted by atomic mass is 35.5. The van der Waals surface area contributed by atoms with Crippen molar-refractivity contribution >= 4 is 35.3 Å². The van der Waals surface area contributed by atoms with Crippen LogP contribution in [0.25, 0.3) is 0 Å². The molecule has 2 aliphatic rings. The highest BCUT2D eigenvalue weighted by Gasteiger charge is 2.35. The predicted octanol–water partition coefficient (Wildman–Crippen LogP) is 2.47. The fourth-order valence-corrected chi connectivity index (χ4v) is 3.85. The van der Waals surface area contributed by atoms with Gasteiger partial charge in [0.05, 0.1) is 5.02 Å². The second-order valence-corrected chi connectivity index (χ2v) is 6.04. The van der Waals surface area contributed by atoms with Crippen molar-refractivity contribution in [2.24, 2.45) is 11.8 Å². The molecule has 0 saturated carbocycles. The average molecular weight is 279 g/mol. The monoisotopic (exact) mass is 278 g/mol. The molecule has 1 aromatic heterocycles. The van der Waals surface area contributed by atoms with Gasteiger partial charge in [0.2, 0.25) is 0 Å². The molecular weight excluding hydrogens is 263 g/mol. The van der Waals surface area contributed by atoms with Crippen molar-refractivity contribution in [1.82, 2.24) is 10.2 Å². The number of hydrogen-bond donors (Lipinski definition) is 1. The fourth-order valence-electron chi connectivity index (χ4n) is 2.74. The molecule has 2 aliphatic heterocycles. The molecule has 0 unspecified atom stereocenters. The number of rotatable bonds is 2. The Morgan fingerprint density at radius 1 is 1.38 bits per heavy atom. The highest BCUT2D eigenvalue weighted by Crippen LogP contribution is 2.29. The minimum absolute atomic E-state index is 0. The van der Waals surface area contributed by atoms with Crippen LogP contribution in [-0.2, 0) is 6.54 Å². The molecule has 3 heterocycles. The van der Waals surface area contributed by atoms with Gasteiger partial charge >= 0.3 is 0 Å². The van der Waals surface area contributed by atoms with Crippen LogP contribution in [0.5, 0.6) is 0 Å². The van der Waals surface area contributed by atoms with Crippen LogP contribution in [-0.4, -0.2) is 31.1 Å². The molecule has 0 bridgehead atoms. The third-order valence-corrected chi connectivity index (χ3v) is 4.74. The molecule has 2 nitrogen and oxygen atoms in total. The van der Waals surface area contributed by atoms with Crippen molar-refractivity contribution in [3.8, 4) is 0 Å². The maximum absolute atomic E-state index is 5.92. The summed E-state index contributed by atoms with van der Waals surface area (Å²) in [4.78, 5) is 3.96. The standard InChI is InChI=1S/C11H15ClN2S.ClH/c12-10-1-11(15-7-10)6-14-4-8-2-13-3-9(8)5-14;/h1,7-9,13H,2-6H2;1H/t8-,9+;. The highest BCUT2D eigenvalue weighted by molar-refractivity contribution is 7.10. The zero-order valence-corrected chi connectivity index (χ0v) is 11.4. The molecule has 0 spiro atoms. The molecule has 1 N–H and O–H groups in total. The minimum atomic E-state index is 0. The summed E-state index contributed by atoms with van der Waals surface area (Å²) in [6.45, 7) is 6.03. The van der Waals surface area contributed by atoms with E-state index in [2.05, 4.69) is 16.3 Å². The molecule has 16 heavy (non-hydrogen) atoms. The van der Waals surface area contributed by atoms with E-state index in [1.807, 2.05) is 5.38 Å². The molecule has 2 atom stereocenters. The number of halogens is 2. The number of likely N-dealkylation sites (tertiary alicyclic amines) is 1. The Hall–Kier alpha value is 0.200. The van der Waals surface area contributed by atoms with E-state index in [9.17, 15) is 0 Å². The van der Waals surface area contributed by atoms with E-state index in [-0.39, 0.29) is 12.4 Å². The Balaban J connectivity index is 0.000000963. The largest absolute Gasteiger partial charge is 0.316 e. The topological polar surface area (TPSA) is 15.3 Å². The molecule has 90 valence electrons. The van der Waals surface area contributed by atoms with Crippen LogP contribution in [0.4, 0.5) is 0 Å². The fraction of sp³-hybridized carbons (Fsp3) is 0.636. The predicted molar refractivity (Wildman–Crippen MR) is 71.7 cm³/mol. The Morgan fingerprint density at radius 3 is 2.62 bits per heavy atom. The van der Waals surface area contributed by atoms with Gasteiger partial charge in [-0.25, -0.2) is 0 Å². The quantitative estimate of drug-likeness (QED) is 0.894. The van der Waals surface area contributed by atoms with Gasteiger partial charge in [-0.05, 0) is 31.0 Å². The first kappa shape index (κ1) is 12.7. The van der Waals surface area contributed by atoms with Crippen LogP contribution < -0.4 is 5.32 Å². The Labute approximate surface area is 111 Å². The Morgan fingerprint density at radius 2 is 2.06 bits per heavy atom. The van der Waals surface area contributed by atoms with E-state index < -0.39 is 0 Å². The lowest BCUT2D eigenvalue weighted by atomic mass is 10.0. The Kier molecular flexibility index (Phi) is 4.14. The van der Waals surface area contributed by atoms with Gasteiger partial charge in [0.25, 0.3) is 0 Å². The van der Waals surface area contributed by atoms with Crippen LogP contribution in [0.15, 0.2) is 11.4 Å². The number of fused-ring (bicyclic) bond motifs is 1. The van der Waals surface area contributed by atoms with Crippen molar-refractivity contribution < 1.29 is 0 Å². The van der Waals surface area contributed by atoms with Gasteiger partial charge in [-0.15, -0.1) is 23.7 Å². The normalized spacial score (nSPS) is 29.1. The van der Waals surface area contributed by atoms with Gasteiger partial charge in [0.1, 0.15) is 0 Å². The first-order valence-electron chi connectivity index (χ1n) is 5.47. The molecule has 2 saturated heterocycles. The second-order valence-electron chi connectivity index (χ2n) is 4.60. The summed E-state index contributed by atoms with van der Waals surface area (Å²) in [7, 11) is 0. The summed E-state index contributed by atoms with van der Waals surface area (Å²) in [6.07, 6.45) is 0. The lowest BCUT2D eigenvalue weighted by molar-refractivity contribution is 0.308. The van der Waals surface area contributed by atoms with Gasteiger partial charge in [0.15, 0.2) is 0 Å². The summed E-state index contributed by atoms with van der Waals surface area (Å²) < 4.78 is 0. The van der Waals surface area contributed by atoms with Crippen molar-refractivity contribution in [3.63, 3.8) is 0 Å². The lowest BCUT2D eigenvalue weighted by Gasteiger charge is -2.15. The van der Waals surface area contributed by atoms with E-state index >= 15 is 0 Å². The van der Waals surface area contributed by atoms with Crippen LogP contribution in [0.1, 0.15) is 4.88 Å². The minimum Gasteiger partial charge on any atom is -0.316 e. The summed E-state index contributed by atoms with van der Waals surface area (Å²) in [6, 6.07) is 2.10. The number of hydrogen-bond acceptors (Lipinski definition) is 3. The van der Waals surface area contributed by atoms with Crippen molar-refractivity contribution in [2.45, 2.75) is 6.54 Å². The number of nitrogens with zero attached hydrogens (tertiary/aromatic N) is 1. The molecule has 0 amide bonds. The van der Waals surface area contributed by atoms with Gasteiger partial charge < -0.3 is 5.32 Å². The van der Waals surface area contributed by atoms with Crippen molar-refractivity contribution in [2.75, 3.05) is 26.2 Å². The smallest absolute Gasteiger partial charge is 0.0516 e. The third kappa shape index (κ3) is 2.54. The van der Waals surface area contributed by atoms with E-state index in [0.29, 0.717) is 0 Å². The van der Waals surface area contributed by atoms with Crippen LogP contribution in [0.3, 0.4) is 0 Å². The maximum Gasteiger partial charge on any atom is 0.0516 e. The van der Waals surface area contributed by atoms with E-state index in [1.54, 1.807) is 11.3 Å². The Bertz CT molecular complexity index is 344. The molecule has 0 radical (unpaired) electrons. The number of nitrogens with one attached hydrogen (secondary N) is 1. The van der Waals surface area contributed by atoms with Crippen LogP contribution in [0.2, 0.25) is 5.02 Å². The summed E-state index contributed by atoms with van der Waals surface area (Å²) >= 11 is 7.70. The first-order chi connectivity index (χ1) is 7.31. The molecule has 5 heteroatoms. The molecule has 3 rings (SSSR count). The molecule has 0 aliphatic carbocycles. The zero-order valence-electron chi connectivity index (χ0n) is 8.99. The summed E-state index contributed by atoms with van der Waals surface area (Å²) in [5.41, 5.74) is 0. The van der Waals surface area contributed by atoms with Gasteiger partial charge in [-0.3, -0.25) is 4.90 Å². The third-order valence-electron chi connectivity index (χ3n) is 3.47. The zero-order chi connectivity index (χ0) is 10.3. The maximum atomic E-state index is 5.92. The van der Waals surface area contributed by atoms with E-state index in [0.717, 1.165) is 23.4 Å². The SMILES string of the molecule is Cl.Clc1csc(CN2C[C@H]3CNC[C@H]3C2)c1. The molecular formula is C11H16Cl2N2S. The molecule has 1 aromatic rings. The second kappa shape index (κ2) is 5.23. The first-order valence-corrected chi connectivity index (χ1v) is 6.73.